The van der Waals surface area contributed by atoms with Gasteiger partial charge in [0.05, 0.1) is 11.5 Å². The van der Waals surface area contributed by atoms with E-state index in [-0.39, 0.29) is 22.5 Å². The molecule has 0 bridgehead atoms. The van der Waals surface area contributed by atoms with Crippen LogP contribution in [0.2, 0.25) is 0 Å². The van der Waals surface area contributed by atoms with Crippen molar-refractivity contribution in [3.05, 3.63) is 28.6 Å². The van der Waals surface area contributed by atoms with Gasteiger partial charge in [-0.05, 0) is 26.0 Å². The molecule has 0 amide bonds. The number of ether oxygens (including phenoxy) is 8. The first kappa shape index (κ1) is 32.8. The van der Waals surface area contributed by atoms with Gasteiger partial charge in [0.15, 0.2) is 18.0 Å². The molecule has 1 aromatic carbocycles. The zero-order valence-corrected chi connectivity index (χ0v) is 24.5. The van der Waals surface area contributed by atoms with Crippen molar-refractivity contribution in [3.63, 3.8) is 0 Å². The first-order valence-electron chi connectivity index (χ1n) is 13.1. The van der Waals surface area contributed by atoms with Crippen LogP contribution in [0.1, 0.15) is 48.5 Å². The van der Waals surface area contributed by atoms with Gasteiger partial charge in [-0.1, -0.05) is 0 Å². The lowest BCUT2D eigenvalue weighted by Crippen LogP contribution is -2.63. The molecular formula is C28H32O15. The van der Waals surface area contributed by atoms with Gasteiger partial charge in [0, 0.05) is 40.7 Å². The lowest BCUT2D eigenvalue weighted by molar-refractivity contribution is -0.288. The fourth-order valence-electron chi connectivity index (χ4n) is 4.21. The van der Waals surface area contributed by atoms with Crippen LogP contribution in [0.15, 0.2) is 27.4 Å². The minimum Gasteiger partial charge on any atom is -0.486 e. The van der Waals surface area contributed by atoms with E-state index in [4.69, 9.17) is 42.3 Å². The van der Waals surface area contributed by atoms with E-state index in [1.54, 1.807) is 13.8 Å². The van der Waals surface area contributed by atoms with Crippen LogP contribution in [0.3, 0.4) is 0 Å². The zero-order chi connectivity index (χ0) is 32.0. The molecule has 0 unspecified atom stereocenters. The fourth-order valence-corrected chi connectivity index (χ4v) is 4.21. The van der Waals surface area contributed by atoms with E-state index in [1.165, 1.54) is 18.2 Å². The highest BCUT2D eigenvalue weighted by atomic mass is 16.7. The molecule has 0 saturated carbocycles. The SMILES string of the molecule is CC(=O)OC[C@H]1O[C@@H](Oc2ccc3c(OC(C)C)c(OC(C)=O)c(=O)oc3c2)[C@H](OC(C)=O)[C@@H](OC(C)=O)[C@H]1OC(C)=O. The molecule has 15 heteroatoms. The van der Waals surface area contributed by atoms with Crippen LogP contribution < -0.4 is 19.8 Å². The van der Waals surface area contributed by atoms with Gasteiger partial charge in [0.1, 0.15) is 24.0 Å². The minimum absolute atomic E-state index is 0.0206. The Hall–Kier alpha value is -4.66. The van der Waals surface area contributed by atoms with Crippen molar-refractivity contribution in [2.24, 2.45) is 0 Å². The molecular weight excluding hydrogens is 576 g/mol. The summed E-state index contributed by atoms with van der Waals surface area (Å²) in [6.45, 7) is 8.52. The van der Waals surface area contributed by atoms with Crippen LogP contribution in [-0.2, 0) is 47.7 Å². The molecule has 2 aromatic rings. The maximum atomic E-state index is 12.7. The number of esters is 5. The molecule has 5 atom stereocenters. The van der Waals surface area contributed by atoms with Crippen LogP contribution in [0, 0.1) is 0 Å². The Bertz CT molecular complexity index is 1440. The van der Waals surface area contributed by atoms with E-state index in [0.29, 0.717) is 0 Å². The number of fused-ring (bicyclic) bond motifs is 1. The molecule has 1 fully saturated rings. The third-order valence-corrected chi connectivity index (χ3v) is 5.59. The van der Waals surface area contributed by atoms with Crippen LogP contribution >= 0.6 is 0 Å². The number of rotatable bonds is 10. The lowest BCUT2D eigenvalue weighted by Gasteiger charge is -2.43. The Labute approximate surface area is 245 Å². The summed E-state index contributed by atoms with van der Waals surface area (Å²) in [5.41, 5.74) is -1.03. The summed E-state index contributed by atoms with van der Waals surface area (Å²) in [7, 11) is 0. The average molecular weight is 609 g/mol. The summed E-state index contributed by atoms with van der Waals surface area (Å²) in [6.07, 6.45) is -7.45. The summed E-state index contributed by atoms with van der Waals surface area (Å²) >= 11 is 0. The van der Waals surface area contributed by atoms with Crippen molar-refractivity contribution in [2.75, 3.05) is 6.61 Å². The van der Waals surface area contributed by atoms with Crippen LogP contribution in [0.25, 0.3) is 11.0 Å². The number of hydrogen-bond acceptors (Lipinski definition) is 15. The molecule has 0 radical (unpaired) electrons. The first-order chi connectivity index (χ1) is 20.2. The third-order valence-electron chi connectivity index (χ3n) is 5.59. The van der Waals surface area contributed by atoms with E-state index in [0.717, 1.165) is 34.6 Å². The molecule has 2 heterocycles. The quantitative estimate of drug-likeness (QED) is 0.216. The molecule has 1 aliphatic heterocycles. The molecule has 1 aliphatic rings. The molecule has 0 N–H and O–H groups in total. The summed E-state index contributed by atoms with van der Waals surface area (Å²) in [4.78, 5) is 71.9. The van der Waals surface area contributed by atoms with Crippen LogP contribution in [0.5, 0.6) is 17.2 Å². The van der Waals surface area contributed by atoms with Gasteiger partial charge in [-0.3, -0.25) is 24.0 Å². The molecule has 15 nitrogen and oxygen atoms in total. The highest BCUT2D eigenvalue weighted by molar-refractivity contribution is 5.87. The highest BCUT2D eigenvalue weighted by Gasteiger charge is 2.53. The van der Waals surface area contributed by atoms with E-state index in [2.05, 4.69) is 0 Å². The predicted octanol–water partition coefficient (Wildman–Crippen LogP) is 1.97. The molecule has 234 valence electrons. The van der Waals surface area contributed by atoms with Gasteiger partial charge in [-0.15, -0.1) is 0 Å². The molecule has 3 rings (SSSR count). The van der Waals surface area contributed by atoms with Gasteiger partial charge in [0.25, 0.3) is 5.75 Å². The normalized spacial score (nSPS) is 21.4. The maximum absolute atomic E-state index is 12.7. The van der Waals surface area contributed by atoms with Gasteiger partial charge in [-0.25, -0.2) is 4.79 Å². The van der Waals surface area contributed by atoms with Gasteiger partial charge < -0.3 is 42.3 Å². The number of carbonyl (C=O) groups excluding carboxylic acids is 5. The third kappa shape index (κ3) is 8.67. The Kier molecular flexibility index (Phi) is 10.7. The topological polar surface area (TPSA) is 189 Å². The molecule has 0 aliphatic carbocycles. The lowest BCUT2D eigenvalue weighted by atomic mass is 9.98. The Morgan fingerprint density at radius 1 is 0.791 bits per heavy atom. The Morgan fingerprint density at radius 3 is 1.95 bits per heavy atom. The smallest absolute Gasteiger partial charge is 0.383 e. The Morgan fingerprint density at radius 2 is 1.40 bits per heavy atom. The molecule has 43 heavy (non-hydrogen) atoms. The van der Waals surface area contributed by atoms with Crippen molar-refractivity contribution < 1.29 is 66.3 Å². The van der Waals surface area contributed by atoms with Crippen molar-refractivity contribution in [2.45, 2.75) is 85.3 Å². The summed E-state index contributed by atoms with van der Waals surface area (Å²) in [5, 5.41) is 0.262. The summed E-state index contributed by atoms with van der Waals surface area (Å²) in [6, 6.07) is 4.20. The minimum atomic E-state index is -1.52. The molecule has 1 aromatic heterocycles. The first-order valence-corrected chi connectivity index (χ1v) is 13.1. The van der Waals surface area contributed by atoms with E-state index < -0.39 is 84.6 Å². The highest BCUT2D eigenvalue weighted by Crippen LogP contribution is 2.37. The summed E-state index contributed by atoms with van der Waals surface area (Å²) in [5.74, 6) is -4.27. The molecule has 1 saturated heterocycles. The standard InChI is InChI=1S/C28H32O15/c1-12(2)36-22-19-9-8-18(10-20(19)42-27(34)25(22)39-16(6)32)41-28-26(40-17(7)33)24(38-15(5)31)23(37-14(4)30)21(43-28)11-35-13(3)29/h8-10,12,21,23-24,26,28H,11H2,1-7H3/t21-,23+,24+,26-,28-/m1/s1. The maximum Gasteiger partial charge on any atom is 0.383 e. The van der Waals surface area contributed by atoms with Gasteiger partial charge >= 0.3 is 35.5 Å². The summed E-state index contributed by atoms with van der Waals surface area (Å²) < 4.78 is 49.2. The Balaban J connectivity index is 2.09. The van der Waals surface area contributed by atoms with Crippen molar-refractivity contribution in [1.82, 2.24) is 0 Å². The van der Waals surface area contributed by atoms with E-state index in [9.17, 15) is 28.8 Å². The number of carbonyl (C=O) groups is 5. The van der Waals surface area contributed by atoms with Crippen molar-refractivity contribution in [3.8, 4) is 17.2 Å². The second kappa shape index (κ2) is 14.0. The van der Waals surface area contributed by atoms with Crippen LogP contribution in [-0.4, -0.2) is 73.3 Å². The number of hydrogen-bond donors (Lipinski definition) is 0. The molecule has 0 spiro atoms. The fraction of sp³-hybridized carbons (Fsp3) is 0.500. The van der Waals surface area contributed by atoms with E-state index in [1.807, 2.05) is 0 Å². The van der Waals surface area contributed by atoms with Gasteiger partial charge in [0.2, 0.25) is 12.4 Å². The second-order valence-corrected chi connectivity index (χ2v) is 9.65. The van der Waals surface area contributed by atoms with Crippen LogP contribution in [0.4, 0.5) is 0 Å². The number of benzene rings is 1. The van der Waals surface area contributed by atoms with Gasteiger partial charge in [-0.2, -0.15) is 0 Å². The van der Waals surface area contributed by atoms with Crippen molar-refractivity contribution in [1.29, 1.82) is 0 Å². The second-order valence-electron chi connectivity index (χ2n) is 9.65. The largest absolute Gasteiger partial charge is 0.486 e. The average Bonchev–Trinajstić information content (AvgIpc) is 2.87. The van der Waals surface area contributed by atoms with E-state index >= 15 is 0 Å². The van der Waals surface area contributed by atoms with Crippen molar-refractivity contribution >= 4 is 40.8 Å². The monoisotopic (exact) mass is 608 g/mol. The zero-order valence-electron chi connectivity index (χ0n) is 24.5. The predicted molar refractivity (Wildman–Crippen MR) is 142 cm³/mol.